The van der Waals surface area contributed by atoms with Crippen LogP contribution in [0.1, 0.15) is 16.8 Å². The molecule has 1 unspecified atom stereocenters. The highest BCUT2D eigenvalue weighted by Crippen LogP contribution is 2.29. The Bertz CT molecular complexity index is 543. The second-order valence-corrected chi connectivity index (χ2v) is 5.17. The van der Waals surface area contributed by atoms with Crippen LogP contribution >= 0.6 is 15.9 Å². The molecule has 0 N–H and O–H groups in total. The van der Waals surface area contributed by atoms with Crippen LogP contribution in [0.5, 0.6) is 0 Å². The van der Waals surface area contributed by atoms with Gasteiger partial charge >= 0.3 is 5.97 Å². The standard InChI is InChI=1S/C13H12BrNO4/c1-19-13(18)8-5-12(17)15(6-8)11-3-2-10(14)4-9(11)7-16/h2-4,7-8H,5-6H2,1H3. The van der Waals surface area contributed by atoms with E-state index in [2.05, 4.69) is 20.7 Å². The smallest absolute Gasteiger partial charge is 0.311 e. The monoisotopic (exact) mass is 325 g/mol. The fraction of sp³-hybridized carbons (Fsp3) is 0.308. The minimum Gasteiger partial charge on any atom is -0.469 e. The van der Waals surface area contributed by atoms with Crippen LogP contribution in [0.25, 0.3) is 0 Å². The van der Waals surface area contributed by atoms with Gasteiger partial charge < -0.3 is 9.64 Å². The molecule has 6 heteroatoms. The van der Waals surface area contributed by atoms with Gasteiger partial charge in [-0.1, -0.05) is 15.9 Å². The molecular formula is C13H12BrNO4. The van der Waals surface area contributed by atoms with Crippen molar-refractivity contribution in [3.8, 4) is 0 Å². The first-order valence-corrected chi connectivity index (χ1v) is 6.49. The minimum absolute atomic E-state index is 0.112. The normalized spacial score (nSPS) is 18.5. The number of esters is 1. The molecule has 5 nitrogen and oxygen atoms in total. The molecule has 0 radical (unpaired) electrons. The van der Waals surface area contributed by atoms with E-state index >= 15 is 0 Å². The van der Waals surface area contributed by atoms with Crippen LogP contribution in [-0.2, 0) is 14.3 Å². The van der Waals surface area contributed by atoms with Crippen molar-refractivity contribution in [1.82, 2.24) is 0 Å². The third-order valence-electron chi connectivity index (χ3n) is 3.07. The van der Waals surface area contributed by atoms with Crippen LogP contribution in [0.4, 0.5) is 5.69 Å². The van der Waals surface area contributed by atoms with Crippen molar-refractivity contribution >= 4 is 39.8 Å². The maximum atomic E-state index is 11.9. The molecule has 1 amide bonds. The van der Waals surface area contributed by atoms with E-state index in [4.69, 9.17) is 0 Å². The van der Waals surface area contributed by atoms with Gasteiger partial charge in [0.25, 0.3) is 0 Å². The average Bonchev–Trinajstić information content (AvgIpc) is 2.79. The van der Waals surface area contributed by atoms with Crippen molar-refractivity contribution in [1.29, 1.82) is 0 Å². The van der Waals surface area contributed by atoms with Crippen LogP contribution in [0.2, 0.25) is 0 Å². The van der Waals surface area contributed by atoms with Crippen molar-refractivity contribution < 1.29 is 19.1 Å². The first-order chi connectivity index (χ1) is 9.06. The first-order valence-electron chi connectivity index (χ1n) is 5.69. The quantitative estimate of drug-likeness (QED) is 0.627. The van der Waals surface area contributed by atoms with E-state index in [1.165, 1.54) is 12.0 Å². The van der Waals surface area contributed by atoms with Crippen LogP contribution in [0.3, 0.4) is 0 Å². The number of rotatable bonds is 3. The zero-order chi connectivity index (χ0) is 14.0. The molecule has 1 aromatic carbocycles. The predicted molar refractivity (Wildman–Crippen MR) is 72.0 cm³/mol. The Balaban J connectivity index is 2.30. The fourth-order valence-electron chi connectivity index (χ4n) is 2.13. The number of ether oxygens (including phenoxy) is 1. The van der Waals surface area contributed by atoms with Gasteiger partial charge in [-0.2, -0.15) is 0 Å². The molecule has 1 fully saturated rings. The van der Waals surface area contributed by atoms with E-state index in [0.29, 0.717) is 17.5 Å². The van der Waals surface area contributed by atoms with Gasteiger partial charge in [-0.15, -0.1) is 0 Å². The third-order valence-corrected chi connectivity index (χ3v) is 3.56. The lowest BCUT2D eigenvalue weighted by Gasteiger charge is -2.18. The van der Waals surface area contributed by atoms with E-state index in [1.807, 2.05) is 0 Å². The van der Waals surface area contributed by atoms with Gasteiger partial charge in [-0.05, 0) is 18.2 Å². The highest BCUT2D eigenvalue weighted by Gasteiger charge is 2.36. The summed E-state index contributed by atoms with van der Waals surface area (Å²) in [7, 11) is 1.30. The third kappa shape index (κ3) is 2.68. The van der Waals surface area contributed by atoms with Crippen molar-refractivity contribution in [2.45, 2.75) is 6.42 Å². The van der Waals surface area contributed by atoms with Crippen molar-refractivity contribution in [2.24, 2.45) is 5.92 Å². The molecular weight excluding hydrogens is 314 g/mol. The van der Waals surface area contributed by atoms with E-state index in [9.17, 15) is 14.4 Å². The molecule has 1 aromatic rings. The number of halogens is 1. The van der Waals surface area contributed by atoms with Gasteiger partial charge in [-0.25, -0.2) is 0 Å². The number of carbonyl (C=O) groups is 3. The molecule has 0 aromatic heterocycles. The van der Waals surface area contributed by atoms with Gasteiger partial charge in [0.1, 0.15) is 0 Å². The second kappa shape index (κ2) is 5.52. The second-order valence-electron chi connectivity index (χ2n) is 4.25. The molecule has 100 valence electrons. The molecule has 19 heavy (non-hydrogen) atoms. The summed E-state index contributed by atoms with van der Waals surface area (Å²) in [5.74, 6) is -1.05. The van der Waals surface area contributed by atoms with Crippen molar-refractivity contribution in [2.75, 3.05) is 18.6 Å². The fourth-order valence-corrected chi connectivity index (χ4v) is 2.51. The number of carbonyl (C=O) groups excluding carboxylic acids is 3. The van der Waals surface area contributed by atoms with E-state index in [-0.39, 0.29) is 18.9 Å². The van der Waals surface area contributed by atoms with Crippen LogP contribution < -0.4 is 4.90 Å². The van der Waals surface area contributed by atoms with Gasteiger partial charge in [0.05, 0.1) is 18.7 Å². The topological polar surface area (TPSA) is 63.7 Å². The van der Waals surface area contributed by atoms with Crippen LogP contribution in [0.15, 0.2) is 22.7 Å². The summed E-state index contributed by atoms with van der Waals surface area (Å²) in [5, 5.41) is 0. The van der Waals surface area contributed by atoms with Gasteiger partial charge in [0.2, 0.25) is 5.91 Å². The highest BCUT2D eigenvalue weighted by molar-refractivity contribution is 9.10. The number of amides is 1. The number of hydrogen-bond donors (Lipinski definition) is 0. The molecule has 0 aliphatic carbocycles. The number of aldehydes is 1. The van der Waals surface area contributed by atoms with E-state index < -0.39 is 11.9 Å². The molecule has 0 spiro atoms. The molecule has 0 saturated carbocycles. The molecule has 1 heterocycles. The molecule has 2 rings (SSSR count). The Morgan fingerprint density at radius 2 is 2.26 bits per heavy atom. The van der Waals surface area contributed by atoms with Gasteiger partial charge in [0, 0.05) is 23.0 Å². The average molecular weight is 326 g/mol. The SMILES string of the molecule is COC(=O)C1CC(=O)N(c2ccc(Br)cc2C=O)C1. The predicted octanol–water partition coefficient (Wildman–Crippen LogP) is 1.79. The highest BCUT2D eigenvalue weighted by atomic mass is 79.9. The summed E-state index contributed by atoms with van der Waals surface area (Å²) < 4.78 is 5.41. The molecule has 1 saturated heterocycles. The minimum atomic E-state index is -0.472. The van der Waals surface area contributed by atoms with Crippen molar-refractivity contribution in [3.05, 3.63) is 28.2 Å². The largest absolute Gasteiger partial charge is 0.469 e. The van der Waals surface area contributed by atoms with E-state index in [0.717, 1.165) is 4.47 Å². The van der Waals surface area contributed by atoms with Gasteiger partial charge in [-0.3, -0.25) is 14.4 Å². The lowest BCUT2D eigenvalue weighted by atomic mass is 10.1. The Kier molecular flexibility index (Phi) is 3.99. The molecule has 1 aliphatic heterocycles. The summed E-state index contributed by atoms with van der Waals surface area (Å²) in [6, 6.07) is 5.08. The summed E-state index contributed by atoms with van der Waals surface area (Å²) in [5.41, 5.74) is 0.933. The maximum absolute atomic E-state index is 11.9. The Hall–Kier alpha value is -1.69. The Morgan fingerprint density at radius 1 is 1.53 bits per heavy atom. The maximum Gasteiger partial charge on any atom is 0.311 e. The Labute approximate surface area is 118 Å². The summed E-state index contributed by atoms with van der Waals surface area (Å²) in [6.07, 6.45) is 0.805. The molecule has 1 aliphatic rings. The van der Waals surface area contributed by atoms with E-state index in [1.54, 1.807) is 18.2 Å². The lowest BCUT2D eigenvalue weighted by molar-refractivity contribution is -0.145. The summed E-state index contributed by atoms with van der Waals surface area (Å²) in [6.45, 7) is 0.244. The zero-order valence-electron chi connectivity index (χ0n) is 10.3. The number of nitrogens with zero attached hydrogens (tertiary/aromatic N) is 1. The first kappa shape index (κ1) is 13.7. The van der Waals surface area contributed by atoms with Crippen molar-refractivity contribution in [3.63, 3.8) is 0 Å². The van der Waals surface area contributed by atoms with Crippen LogP contribution in [-0.4, -0.2) is 31.8 Å². The lowest BCUT2D eigenvalue weighted by Crippen LogP contribution is -2.27. The van der Waals surface area contributed by atoms with Crippen LogP contribution in [0, 0.1) is 5.92 Å². The summed E-state index contributed by atoms with van der Waals surface area (Å²) in [4.78, 5) is 35.9. The number of anilines is 1. The van der Waals surface area contributed by atoms with Gasteiger partial charge in [0.15, 0.2) is 6.29 Å². The molecule has 1 atom stereocenters. The zero-order valence-corrected chi connectivity index (χ0v) is 11.8. The number of methoxy groups -OCH3 is 1. The summed E-state index contributed by atoms with van der Waals surface area (Å²) >= 11 is 3.27. The molecule has 0 bridgehead atoms. The number of benzene rings is 1. The Morgan fingerprint density at radius 3 is 2.89 bits per heavy atom. The number of hydrogen-bond acceptors (Lipinski definition) is 4.